The Balaban J connectivity index is 3.36. The second-order valence-electron chi connectivity index (χ2n) is 2.61. The van der Waals surface area contributed by atoms with E-state index in [0.717, 1.165) is 0 Å². The minimum atomic E-state index is -1.49. The quantitative estimate of drug-likeness (QED) is 0.354. The number of carbonyl (C=O) groups is 1. The van der Waals surface area contributed by atoms with E-state index >= 15 is 0 Å². The molecular formula is C8H3F2N3O3. The first-order chi connectivity index (χ1) is 7.47. The van der Waals surface area contributed by atoms with Gasteiger partial charge in [-0.15, -0.1) is 0 Å². The number of hydrogen-bond donors (Lipinski definition) is 1. The summed E-state index contributed by atoms with van der Waals surface area (Å²) in [7, 11) is 0. The van der Waals surface area contributed by atoms with Crippen LogP contribution in [-0.4, -0.2) is 10.8 Å². The Morgan fingerprint density at radius 1 is 1.50 bits per heavy atom. The van der Waals surface area contributed by atoms with Crippen molar-refractivity contribution >= 4 is 11.6 Å². The molecule has 0 saturated carbocycles. The van der Waals surface area contributed by atoms with Gasteiger partial charge in [0.1, 0.15) is 5.82 Å². The highest BCUT2D eigenvalue weighted by Gasteiger charge is 2.23. The molecule has 0 bridgehead atoms. The van der Waals surface area contributed by atoms with Gasteiger partial charge in [-0.3, -0.25) is 20.2 Å². The molecule has 0 radical (unpaired) electrons. The van der Waals surface area contributed by atoms with E-state index in [9.17, 15) is 23.7 Å². The Morgan fingerprint density at radius 3 is 2.62 bits per heavy atom. The lowest BCUT2D eigenvalue weighted by Crippen LogP contribution is -2.19. The molecule has 82 valence electrons. The Hall–Kier alpha value is -2.56. The van der Waals surface area contributed by atoms with Crippen LogP contribution in [0.15, 0.2) is 12.1 Å². The summed E-state index contributed by atoms with van der Waals surface area (Å²) in [5.74, 6) is -3.88. The summed E-state index contributed by atoms with van der Waals surface area (Å²) in [5, 5.41) is 19.9. The second-order valence-corrected chi connectivity index (χ2v) is 2.61. The average Bonchev–Trinajstić information content (AvgIpc) is 2.20. The van der Waals surface area contributed by atoms with Gasteiger partial charge in [0.25, 0.3) is 5.91 Å². The molecule has 1 rings (SSSR count). The van der Waals surface area contributed by atoms with E-state index in [1.54, 1.807) is 0 Å². The number of nitrogens with zero attached hydrogens (tertiary/aromatic N) is 2. The normalized spacial score (nSPS) is 9.31. The van der Waals surface area contributed by atoms with E-state index < -0.39 is 33.7 Å². The van der Waals surface area contributed by atoms with Gasteiger partial charge in [0.15, 0.2) is 6.19 Å². The summed E-state index contributed by atoms with van der Waals surface area (Å²) in [4.78, 5) is 20.2. The zero-order chi connectivity index (χ0) is 12.3. The molecule has 1 aromatic carbocycles. The van der Waals surface area contributed by atoms with Gasteiger partial charge in [0.05, 0.1) is 16.6 Å². The molecule has 0 aliphatic heterocycles. The Kier molecular flexibility index (Phi) is 3.10. The largest absolute Gasteiger partial charge is 0.308 e. The van der Waals surface area contributed by atoms with Crippen LogP contribution >= 0.6 is 0 Å². The number of nitro groups is 1. The fourth-order valence-corrected chi connectivity index (χ4v) is 0.991. The third kappa shape index (κ3) is 2.09. The lowest BCUT2D eigenvalue weighted by Gasteiger charge is -2.01. The van der Waals surface area contributed by atoms with Gasteiger partial charge in [-0.1, -0.05) is 0 Å². The van der Waals surface area contributed by atoms with Crippen LogP contribution < -0.4 is 5.32 Å². The predicted molar refractivity (Wildman–Crippen MR) is 46.1 cm³/mol. The molecule has 0 spiro atoms. The second kappa shape index (κ2) is 4.31. The SMILES string of the molecule is N#CNC(=O)c1cc(F)cc([N+](=O)[O-])c1F. The average molecular weight is 227 g/mol. The monoisotopic (exact) mass is 227 g/mol. The summed E-state index contributed by atoms with van der Waals surface area (Å²) in [6.07, 6.45) is 1.20. The Morgan fingerprint density at radius 2 is 2.12 bits per heavy atom. The van der Waals surface area contributed by atoms with Crippen LogP contribution in [0.3, 0.4) is 0 Å². The van der Waals surface area contributed by atoms with E-state index in [1.165, 1.54) is 11.5 Å². The number of nitrogens with one attached hydrogen (secondary N) is 1. The number of hydrogen-bond acceptors (Lipinski definition) is 4. The van der Waals surface area contributed by atoms with Crippen LogP contribution in [0.1, 0.15) is 10.4 Å². The molecule has 16 heavy (non-hydrogen) atoms. The van der Waals surface area contributed by atoms with Crippen molar-refractivity contribution in [2.45, 2.75) is 0 Å². The Labute approximate surface area is 87.2 Å². The lowest BCUT2D eigenvalue weighted by atomic mass is 10.1. The first-order valence-corrected chi connectivity index (χ1v) is 3.80. The van der Waals surface area contributed by atoms with Crippen molar-refractivity contribution < 1.29 is 18.5 Å². The molecule has 0 fully saturated rings. The summed E-state index contributed by atoms with van der Waals surface area (Å²) in [6.45, 7) is 0. The van der Waals surface area contributed by atoms with Crippen LogP contribution in [0, 0.1) is 33.2 Å². The van der Waals surface area contributed by atoms with Crippen molar-refractivity contribution in [3.63, 3.8) is 0 Å². The molecule has 6 nitrogen and oxygen atoms in total. The molecule has 0 heterocycles. The minimum absolute atomic E-state index is 0.346. The number of nitriles is 1. The highest BCUT2D eigenvalue weighted by molar-refractivity contribution is 5.96. The zero-order valence-electron chi connectivity index (χ0n) is 7.53. The van der Waals surface area contributed by atoms with Crippen LogP contribution in [0.5, 0.6) is 0 Å². The van der Waals surface area contributed by atoms with Crippen molar-refractivity contribution in [3.05, 3.63) is 39.4 Å². The van der Waals surface area contributed by atoms with Crippen LogP contribution in [0.2, 0.25) is 0 Å². The predicted octanol–water partition coefficient (Wildman–Crippen LogP) is 1.08. The van der Waals surface area contributed by atoms with E-state index in [0.29, 0.717) is 12.1 Å². The van der Waals surface area contributed by atoms with E-state index in [1.807, 2.05) is 0 Å². The molecule has 1 amide bonds. The Bertz CT molecular complexity index is 510. The highest BCUT2D eigenvalue weighted by atomic mass is 19.1. The van der Waals surface area contributed by atoms with Gasteiger partial charge in [-0.2, -0.15) is 9.65 Å². The van der Waals surface area contributed by atoms with E-state index in [2.05, 4.69) is 0 Å². The number of halogens is 2. The maximum absolute atomic E-state index is 13.3. The fraction of sp³-hybridized carbons (Fsp3) is 0. The van der Waals surface area contributed by atoms with Crippen molar-refractivity contribution in [1.82, 2.24) is 5.32 Å². The third-order valence-corrected chi connectivity index (χ3v) is 1.63. The summed E-state index contributed by atoms with van der Waals surface area (Å²) in [6, 6.07) is 0.813. The van der Waals surface area contributed by atoms with E-state index in [-0.39, 0.29) is 0 Å². The van der Waals surface area contributed by atoms with Gasteiger partial charge in [0.2, 0.25) is 5.82 Å². The van der Waals surface area contributed by atoms with Crippen molar-refractivity contribution in [3.8, 4) is 6.19 Å². The molecule has 1 N–H and O–H groups in total. The number of benzene rings is 1. The smallest absolute Gasteiger partial charge is 0.268 e. The molecule has 0 saturated heterocycles. The maximum Gasteiger partial charge on any atom is 0.308 e. The molecule has 0 aliphatic carbocycles. The number of nitro benzene ring substituents is 1. The highest BCUT2D eigenvalue weighted by Crippen LogP contribution is 2.22. The first-order valence-electron chi connectivity index (χ1n) is 3.80. The fourth-order valence-electron chi connectivity index (χ4n) is 0.991. The lowest BCUT2D eigenvalue weighted by molar-refractivity contribution is -0.387. The minimum Gasteiger partial charge on any atom is -0.268 e. The molecule has 0 aliphatic rings. The zero-order valence-corrected chi connectivity index (χ0v) is 7.53. The van der Waals surface area contributed by atoms with Crippen LogP contribution in [0.25, 0.3) is 0 Å². The number of carbonyl (C=O) groups excluding carboxylic acids is 1. The van der Waals surface area contributed by atoms with Gasteiger partial charge < -0.3 is 0 Å². The summed E-state index contributed by atoms with van der Waals surface area (Å²) >= 11 is 0. The summed E-state index contributed by atoms with van der Waals surface area (Å²) in [5.41, 5.74) is -2.06. The molecule has 1 aromatic rings. The van der Waals surface area contributed by atoms with Crippen molar-refractivity contribution in [1.29, 1.82) is 5.26 Å². The molecule has 0 atom stereocenters. The number of amides is 1. The van der Waals surface area contributed by atoms with Gasteiger partial charge >= 0.3 is 5.69 Å². The maximum atomic E-state index is 13.3. The topological polar surface area (TPSA) is 96.0 Å². The van der Waals surface area contributed by atoms with Gasteiger partial charge in [-0.05, 0) is 6.07 Å². The van der Waals surface area contributed by atoms with Crippen LogP contribution in [0.4, 0.5) is 14.5 Å². The third-order valence-electron chi connectivity index (χ3n) is 1.63. The molecular weight excluding hydrogens is 224 g/mol. The van der Waals surface area contributed by atoms with Crippen molar-refractivity contribution in [2.24, 2.45) is 0 Å². The summed E-state index contributed by atoms with van der Waals surface area (Å²) < 4.78 is 26.1. The standard InChI is InChI=1S/C8H3F2N3O3/c9-4-1-5(8(14)12-3-11)7(10)6(2-4)13(15)16/h1-2H,(H,12,14). The van der Waals surface area contributed by atoms with Crippen molar-refractivity contribution in [2.75, 3.05) is 0 Å². The van der Waals surface area contributed by atoms with Gasteiger partial charge in [0, 0.05) is 0 Å². The molecule has 8 heteroatoms. The molecule has 0 unspecified atom stereocenters. The molecule has 0 aromatic heterocycles. The number of rotatable bonds is 2. The first kappa shape index (κ1) is 11.5. The van der Waals surface area contributed by atoms with Crippen LogP contribution in [-0.2, 0) is 0 Å². The van der Waals surface area contributed by atoms with E-state index in [4.69, 9.17) is 5.26 Å². The van der Waals surface area contributed by atoms with Gasteiger partial charge in [-0.25, -0.2) is 4.39 Å².